The number of halogens is 1. The molecule has 25 heavy (non-hydrogen) atoms. The molecule has 3 aliphatic rings. The number of amides is 1. The number of hydrogen-bond donors (Lipinski definition) is 2. The Balaban J connectivity index is 1.55. The van der Waals surface area contributed by atoms with Crippen molar-refractivity contribution in [1.82, 2.24) is 9.88 Å². The Morgan fingerprint density at radius 3 is 2.72 bits per heavy atom. The van der Waals surface area contributed by atoms with E-state index >= 15 is 0 Å². The number of aromatic nitrogens is 1. The first kappa shape index (κ1) is 16.4. The van der Waals surface area contributed by atoms with E-state index in [2.05, 4.69) is 20.5 Å². The number of anilines is 2. The highest BCUT2D eigenvalue weighted by molar-refractivity contribution is 6.34. The van der Waals surface area contributed by atoms with E-state index in [4.69, 9.17) is 11.6 Å². The second kappa shape index (κ2) is 7.02. The molecule has 1 aromatic heterocycles. The molecule has 1 atom stereocenters. The van der Waals surface area contributed by atoms with Gasteiger partial charge in [-0.3, -0.25) is 9.78 Å². The number of para-hydroxylation sites is 1. The van der Waals surface area contributed by atoms with Crippen LogP contribution in [0, 0.1) is 5.92 Å². The molecule has 0 spiro atoms. The number of nitrogens with zero attached hydrogens (tertiary/aromatic N) is 2. The monoisotopic (exact) mass is 356 g/mol. The van der Waals surface area contributed by atoms with E-state index in [1.807, 2.05) is 18.2 Å². The molecule has 0 radical (unpaired) electrons. The minimum atomic E-state index is -0.188. The van der Waals surface area contributed by atoms with E-state index in [-0.39, 0.29) is 5.91 Å². The maximum atomic E-state index is 12.5. The summed E-state index contributed by atoms with van der Waals surface area (Å²) < 4.78 is 0. The maximum absolute atomic E-state index is 12.5. The van der Waals surface area contributed by atoms with Gasteiger partial charge in [0.05, 0.1) is 22.0 Å². The lowest BCUT2D eigenvalue weighted by Crippen LogP contribution is -2.53. The first-order chi connectivity index (χ1) is 12.2. The fourth-order valence-electron chi connectivity index (χ4n) is 3.78. The number of rotatable bonds is 4. The molecule has 5 rings (SSSR count). The van der Waals surface area contributed by atoms with E-state index in [1.54, 1.807) is 24.5 Å². The zero-order chi connectivity index (χ0) is 17.2. The van der Waals surface area contributed by atoms with E-state index in [9.17, 15) is 4.79 Å². The molecular weight excluding hydrogens is 336 g/mol. The second-order valence-electron chi connectivity index (χ2n) is 6.75. The predicted molar refractivity (Wildman–Crippen MR) is 100 cm³/mol. The number of nitrogens with one attached hydrogen (secondary N) is 2. The molecule has 1 unspecified atom stereocenters. The molecule has 2 bridgehead atoms. The van der Waals surface area contributed by atoms with Crippen LogP contribution in [0.15, 0.2) is 42.7 Å². The Bertz CT molecular complexity index is 759. The van der Waals surface area contributed by atoms with Crippen LogP contribution in [0.3, 0.4) is 0 Å². The molecule has 6 heteroatoms. The van der Waals surface area contributed by atoms with Crippen molar-refractivity contribution < 1.29 is 4.79 Å². The van der Waals surface area contributed by atoms with Crippen molar-refractivity contribution in [3.8, 4) is 0 Å². The van der Waals surface area contributed by atoms with Crippen LogP contribution in [0.2, 0.25) is 5.02 Å². The quantitative estimate of drug-likeness (QED) is 0.880. The van der Waals surface area contributed by atoms with E-state index in [1.165, 1.54) is 25.9 Å². The number of fused-ring (bicyclic) bond motifs is 3. The first-order valence-corrected chi connectivity index (χ1v) is 9.07. The molecule has 5 nitrogen and oxygen atoms in total. The van der Waals surface area contributed by atoms with Crippen molar-refractivity contribution in [1.29, 1.82) is 0 Å². The van der Waals surface area contributed by atoms with Gasteiger partial charge in [0.15, 0.2) is 0 Å². The summed E-state index contributed by atoms with van der Waals surface area (Å²) in [6.07, 6.45) is 5.65. The van der Waals surface area contributed by atoms with Crippen molar-refractivity contribution in [3.63, 3.8) is 0 Å². The van der Waals surface area contributed by atoms with Gasteiger partial charge < -0.3 is 15.5 Å². The van der Waals surface area contributed by atoms with E-state index < -0.39 is 0 Å². The largest absolute Gasteiger partial charge is 0.378 e. The topological polar surface area (TPSA) is 57.3 Å². The van der Waals surface area contributed by atoms with Gasteiger partial charge in [0, 0.05) is 25.0 Å². The summed E-state index contributed by atoms with van der Waals surface area (Å²) in [6, 6.07) is 9.45. The highest BCUT2D eigenvalue weighted by atomic mass is 35.5. The Kier molecular flexibility index (Phi) is 4.59. The Morgan fingerprint density at radius 1 is 1.20 bits per heavy atom. The molecule has 4 heterocycles. The molecule has 3 fully saturated rings. The van der Waals surface area contributed by atoms with Crippen LogP contribution in [-0.2, 0) is 0 Å². The molecule has 130 valence electrons. The van der Waals surface area contributed by atoms with Gasteiger partial charge in [-0.05, 0) is 56.1 Å². The van der Waals surface area contributed by atoms with Crippen molar-refractivity contribution in [2.45, 2.75) is 18.9 Å². The molecule has 0 aliphatic carbocycles. The van der Waals surface area contributed by atoms with Crippen LogP contribution in [0.1, 0.15) is 23.2 Å². The number of carbonyl (C=O) groups excluding carboxylic acids is 1. The van der Waals surface area contributed by atoms with Crippen molar-refractivity contribution in [2.24, 2.45) is 5.92 Å². The van der Waals surface area contributed by atoms with Crippen LogP contribution in [0.4, 0.5) is 11.4 Å². The molecule has 2 aromatic rings. The summed E-state index contributed by atoms with van der Waals surface area (Å²) in [5, 5.41) is 7.19. The molecule has 3 aliphatic heterocycles. The van der Waals surface area contributed by atoms with Gasteiger partial charge in [-0.15, -0.1) is 0 Å². The van der Waals surface area contributed by atoms with Gasteiger partial charge in [0.2, 0.25) is 0 Å². The van der Waals surface area contributed by atoms with Crippen molar-refractivity contribution >= 4 is 28.9 Å². The van der Waals surface area contributed by atoms with Crippen molar-refractivity contribution in [3.05, 3.63) is 53.3 Å². The summed E-state index contributed by atoms with van der Waals surface area (Å²) in [5.41, 5.74) is 2.04. The summed E-state index contributed by atoms with van der Waals surface area (Å²) >= 11 is 6.44. The van der Waals surface area contributed by atoms with Crippen LogP contribution in [0.5, 0.6) is 0 Å². The Morgan fingerprint density at radius 2 is 2.04 bits per heavy atom. The van der Waals surface area contributed by atoms with E-state index in [0.29, 0.717) is 28.2 Å². The number of benzene rings is 1. The highest BCUT2D eigenvalue weighted by Gasteiger charge is 2.34. The average Bonchev–Trinajstić information content (AvgIpc) is 2.66. The third-order valence-electron chi connectivity index (χ3n) is 5.17. The fraction of sp³-hybridized carbons (Fsp3) is 0.368. The first-order valence-electron chi connectivity index (χ1n) is 8.69. The van der Waals surface area contributed by atoms with Gasteiger partial charge in [-0.2, -0.15) is 0 Å². The lowest BCUT2D eigenvalue weighted by molar-refractivity contribution is 0.0975. The SMILES string of the molecule is O=C(Nc1cccc(Cl)c1NC1CN2CCC1CC2)c1cccnc1. The lowest BCUT2D eigenvalue weighted by atomic mass is 9.84. The number of carbonyl (C=O) groups is 1. The van der Waals surface area contributed by atoms with Crippen LogP contribution in [-0.4, -0.2) is 41.5 Å². The predicted octanol–water partition coefficient (Wildman–Crippen LogP) is 3.49. The van der Waals surface area contributed by atoms with Gasteiger partial charge in [-0.1, -0.05) is 17.7 Å². The van der Waals surface area contributed by atoms with Crippen LogP contribution < -0.4 is 10.6 Å². The Hall–Kier alpha value is -2.11. The van der Waals surface area contributed by atoms with Crippen LogP contribution >= 0.6 is 11.6 Å². The smallest absolute Gasteiger partial charge is 0.257 e. The summed E-state index contributed by atoms with van der Waals surface area (Å²) in [4.78, 5) is 19.0. The molecule has 1 amide bonds. The number of piperidine rings is 3. The zero-order valence-corrected chi connectivity index (χ0v) is 14.7. The zero-order valence-electron chi connectivity index (χ0n) is 13.9. The standard InChI is InChI=1S/C19H21ClN4O/c20-15-4-1-5-16(23-19(25)14-3-2-8-21-11-14)18(15)22-17-12-24-9-6-13(17)7-10-24/h1-5,8,11,13,17,22H,6-7,9-10,12H2,(H,23,25). The van der Waals surface area contributed by atoms with Crippen molar-refractivity contribution in [2.75, 3.05) is 30.3 Å². The van der Waals surface area contributed by atoms with Gasteiger partial charge in [0.1, 0.15) is 0 Å². The number of hydrogen-bond acceptors (Lipinski definition) is 4. The lowest BCUT2D eigenvalue weighted by Gasteiger charge is -2.45. The molecule has 3 saturated heterocycles. The third kappa shape index (κ3) is 3.48. The third-order valence-corrected chi connectivity index (χ3v) is 5.49. The normalized spacial score (nSPS) is 24.8. The minimum absolute atomic E-state index is 0.188. The second-order valence-corrected chi connectivity index (χ2v) is 7.15. The van der Waals surface area contributed by atoms with Gasteiger partial charge in [0.25, 0.3) is 5.91 Å². The molecule has 0 saturated carbocycles. The molecule has 1 aromatic carbocycles. The van der Waals surface area contributed by atoms with Gasteiger partial charge in [-0.25, -0.2) is 0 Å². The Labute approximate surface area is 152 Å². The minimum Gasteiger partial charge on any atom is -0.378 e. The van der Waals surface area contributed by atoms with E-state index in [0.717, 1.165) is 12.2 Å². The maximum Gasteiger partial charge on any atom is 0.257 e. The van der Waals surface area contributed by atoms with Gasteiger partial charge >= 0.3 is 0 Å². The average molecular weight is 357 g/mol. The number of pyridine rings is 1. The molecule has 2 N–H and O–H groups in total. The van der Waals surface area contributed by atoms with Crippen LogP contribution in [0.25, 0.3) is 0 Å². The summed E-state index contributed by atoms with van der Waals surface area (Å²) in [6.45, 7) is 3.41. The summed E-state index contributed by atoms with van der Waals surface area (Å²) in [7, 11) is 0. The fourth-order valence-corrected chi connectivity index (χ4v) is 4.01. The molecular formula is C19H21ClN4O. The highest BCUT2D eigenvalue weighted by Crippen LogP contribution is 2.35. The summed E-state index contributed by atoms with van der Waals surface area (Å²) in [5.74, 6) is 0.482.